The molecule has 0 spiro atoms. The zero-order valence-corrected chi connectivity index (χ0v) is 10.7. The van der Waals surface area contributed by atoms with E-state index in [0.717, 1.165) is 15.4 Å². The fraction of sp³-hybridized carbons (Fsp3) is 0.333. The number of sulfonamides is 1. The van der Waals surface area contributed by atoms with E-state index < -0.39 is 31.9 Å². The maximum absolute atomic E-state index is 11.8. The SMILES string of the molecule is C[S+]([O-])Cn1nnc2c(S(N)(=O)=O)ncn2c1=O. The molecule has 2 aromatic heterocycles. The third-order valence-corrected chi connectivity index (χ3v) is 3.39. The van der Waals surface area contributed by atoms with Crippen LogP contribution >= 0.6 is 0 Å². The van der Waals surface area contributed by atoms with Gasteiger partial charge in [-0.2, -0.15) is 0 Å². The number of hydrogen-bond acceptors (Lipinski definition) is 7. The summed E-state index contributed by atoms with van der Waals surface area (Å²) in [5, 5.41) is 11.4. The molecular weight excluding hydrogens is 284 g/mol. The Morgan fingerprint density at radius 3 is 2.78 bits per heavy atom. The lowest BCUT2D eigenvalue weighted by Gasteiger charge is -2.05. The van der Waals surface area contributed by atoms with Gasteiger partial charge in [0, 0.05) is 0 Å². The van der Waals surface area contributed by atoms with Crippen LogP contribution in [-0.4, -0.2) is 43.6 Å². The molecule has 12 heteroatoms. The highest BCUT2D eigenvalue weighted by Gasteiger charge is 2.20. The molecule has 0 bridgehead atoms. The van der Waals surface area contributed by atoms with Crippen LogP contribution in [0.3, 0.4) is 0 Å². The van der Waals surface area contributed by atoms with Crippen molar-refractivity contribution in [2.24, 2.45) is 5.14 Å². The molecule has 10 nitrogen and oxygen atoms in total. The van der Waals surface area contributed by atoms with Crippen molar-refractivity contribution in [3.8, 4) is 0 Å². The van der Waals surface area contributed by atoms with E-state index in [-0.39, 0.29) is 11.5 Å². The molecule has 2 rings (SSSR count). The standard InChI is InChI=1S/C6H8N6O4S2/c1-17(14)3-12-6(13)11-2-8-5(18(7,15)16)4(11)9-10-12/h2H,3H2,1H3,(H2,7,15,16). The van der Waals surface area contributed by atoms with E-state index in [1.807, 2.05) is 0 Å². The van der Waals surface area contributed by atoms with E-state index in [9.17, 15) is 17.8 Å². The van der Waals surface area contributed by atoms with Crippen molar-refractivity contribution < 1.29 is 13.0 Å². The number of rotatable bonds is 3. The van der Waals surface area contributed by atoms with Gasteiger partial charge in [-0.15, -0.1) is 9.78 Å². The monoisotopic (exact) mass is 292 g/mol. The third-order valence-electron chi connectivity index (χ3n) is 1.96. The summed E-state index contributed by atoms with van der Waals surface area (Å²) < 4.78 is 35.0. The minimum absolute atomic E-state index is 0.148. The first-order chi connectivity index (χ1) is 8.30. The first kappa shape index (κ1) is 12.9. The second-order valence-electron chi connectivity index (χ2n) is 3.36. The van der Waals surface area contributed by atoms with Crippen molar-refractivity contribution in [1.82, 2.24) is 24.4 Å². The van der Waals surface area contributed by atoms with Crippen LogP contribution in [0.4, 0.5) is 0 Å². The van der Waals surface area contributed by atoms with Gasteiger partial charge in [0.15, 0.2) is 0 Å². The summed E-state index contributed by atoms with van der Waals surface area (Å²) in [6.45, 7) is 0. The number of nitrogens with zero attached hydrogens (tertiary/aromatic N) is 5. The van der Waals surface area contributed by atoms with E-state index in [1.165, 1.54) is 6.26 Å². The van der Waals surface area contributed by atoms with Crippen LogP contribution in [0.5, 0.6) is 0 Å². The highest BCUT2D eigenvalue weighted by molar-refractivity contribution is 7.89. The summed E-state index contributed by atoms with van der Waals surface area (Å²) in [6, 6.07) is 0. The molecule has 2 aromatic rings. The van der Waals surface area contributed by atoms with Crippen LogP contribution in [0.15, 0.2) is 16.1 Å². The molecule has 0 saturated carbocycles. The largest absolute Gasteiger partial charge is 0.615 e. The Morgan fingerprint density at radius 2 is 2.22 bits per heavy atom. The quantitative estimate of drug-likeness (QED) is 0.603. The predicted octanol–water partition coefficient (Wildman–Crippen LogP) is -2.73. The van der Waals surface area contributed by atoms with Crippen molar-refractivity contribution >= 4 is 26.8 Å². The van der Waals surface area contributed by atoms with E-state index >= 15 is 0 Å². The highest BCUT2D eigenvalue weighted by Crippen LogP contribution is 2.07. The van der Waals surface area contributed by atoms with E-state index in [4.69, 9.17) is 5.14 Å². The van der Waals surface area contributed by atoms with E-state index in [2.05, 4.69) is 15.3 Å². The first-order valence-corrected chi connectivity index (χ1v) is 7.72. The Bertz CT molecular complexity index is 747. The molecule has 18 heavy (non-hydrogen) atoms. The molecule has 1 unspecified atom stereocenters. The fourth-order valence-corrected chi connectivity index (χ4v) is 2.36. The van der Waals surface area contributed by atoms with Crippen molar-refractivity contribution in [1.29, 1.82) is 0 Å². The maximum atomic E-state index is 11.8. The second kappa shape index (κ2) is 4.31. The number of nitrogens with two attached hydrogens (primary N) is 1. The summed E-state index contributed by atoms with van der Waals surface area (Å²) in [7, 11) is -4.08. The molecular formula is C6H8N6O4S2. The van der Waals surface area contributed by atoms with Gasteiger partial charge < -0.3 is 4.55 Å². The highest BCUT2D eigenvalue weighted by atomic mass is 32.2. The molecule has 1 atom stereocenters. The molecule has 0 radical (unpaired) electrons. The summed E-state index contributed by atoms with van der Waals surface area (Å²) in [5.41, 5.74) is -0.960. The number of aromatic nitrogens is 5. The Labute approximate surface area is 104 Å². The summed E-state index contributed by atoms with van der Waals surface area (Å²) >= 11 is -1.30. The lowest BCUT2D eigenvalue weighted by molar-refractivity contribution is 0.546. The topological polar surface area (TPSA) is 148 Å². The van der Waals surface area contributed by atoms with Crippen LogP contribution in [0.2, 0.25) is 0 Å². The molecule has 0 aliphatic heterocycles. The van der Waals surface area contributed by atoms with Crippen molar-refractivity contribution in [3.63, 3.8) is 0 Å². The van der Waals surface area contributed by atoms with Gasteiger partial charge in [-0.3, -0.25) is 0 Å². The molecule has 0 amide bonds. The second-order valence-corrected chi connectivity index (χ2v) is 6.24. The zero-order chi connectivity index (χ0) is 13.5. The Balaban J connectivity index is 2.69. The molecule has 0 aliphatic rings. The number of fused-ring (bicyclic) bond motifs is 1. The minimum Gasteiger partial charge on any atom is -0.615 e. The fourth-order valence-electron chi connectivity index (χ4n) is 1.27. The predicted molar refractivity (Wildman–Crippen MR) is 60.5 cm³/mol. The van der Waals surface area contributed by atoms with Gasteiger partial charge in [-0.25, -0.2) is 27.7 Å². The lowest BCUT2D eigenvalue weighted by atomic mass is 10.8. The first-order valence-electron chi connectivity index (χ1n) is 4.44. The summed E-state index contributed by atoms with van der Waals surface area (Å²) in [6.07, 6.45) is 2.36. The smallest absolute Gasteiger partial charge is 0.357 e. The van der Waals surface area contributed by atoms with Crippen LogP contribution in [0.1, 0.15) is 0 Å². The zero-order valence-electron chi connectivity index (χ0n) is 9.05. The Kier molecular flexibility index (Phi) is 3.10. The molecule has 2 N–H and O–H groups in total. The van der Waals surface area contributed by atoms with Gasteiger partial charge in [0.05, 0.1) is 6.26 Å². The van der Waals surface area contributed by atoms with Gasteiger partial charge in [-0.1, -0.05) is 5.21 Å². The average Bonchev–Trinajstić information content (AvgIpc) is 2.65. The Morgan fingerprint density at radius 1 is 1.56 bits per heavy atom. The third kappa shape index (κ3) is 2.22. The van der Waals surface area contributed by atoms with Crippen LogP contribution in [-0.2, 0) is 27.1 Å². The van der Waals surface area contributed by atoms with Crippen molar-refractivity contribution in [2.75, 3.05) is 6.26 Å². The van der Waals surface area contributed by atoms with Gasteiger partial charge in [0.25, 0.3) is 10.0 Å². The average molecular weight is 292 g/mol. The van der Waals surface area contributed by atoms with Crippen LogP contribution in [0.25, 0.3) is 5.65 Å². The van der Waals surface area contributed by atoms with Gasteiger partial charge in [0.1, 0.15) is 6.33 Å². The van der Waals surface area contributed by atoms with Crippen LogP contribution in [0, 0.1) is 0 Å². The molecule has 98 valence electrons. The summed E-state index contributed by atoms with van der Waals surface area (Å²) in [5.74, 6) is -0.148. The van der Waals surface area contributed by atoms with Gasteiger partial charge in [-0.05, 0) is 11.2 Å². The molecule has 0 aliphatic carbocycles. The van der Waals surface area contributed by atoms with Crippen LogP contribution < -0.4 is 10.8 Å². The molecule has 0 fully saturated rings. The number of primary sulfonamides is 1. The lowest BCUT2D eigenvalue weighted by Crippen LogP contribution is -2.32. The minimum atomic E-state index is -4.08. The number of hydrogen-bond donors (Lipinski definition) is 1. The molecule has 2 heterocycles. The van der Waals surface area contributed by atoms with E-state index in [0.29, 0.717) is 0 Å². The normalized spacial score (nSPS) is 13.9. The van der Waals surface area contributed by atoms with E-state index in [1.54, 1.807) is 0 Å². The van der Waals surface area contributed by atoms with Crippen molar-refractivity contribution in [3.05, 3.63) is 16.8 Å². The Hall–Kier alpha value is -1.50. The molecule has 0 saturated heterocycles. The maximum Gasteiger partial charge on any atom is 0.357 e. The van der Waals surface area contributed by atoms with Gasteiger partial charge in [0.2, 0.25) is 16.5 Å². The molecule has 0 aromatic carbocycles. The summed E-state index contributed by atoms with van der Waals surface area (Å²) in [4.78, 5) is 15.3. The number of imidazole rings is 1. The van der Waals surface area contributed by atoms with Gasteiger partial charge >= 0.3 is 5.69 Å². The van der Waals surface area contributed by atoms with Crippen molar-refractivity contribution in [2.45, 2.75) is 10.9 Å².